The largest absolute Gasteiger partial charge is 0.392 e. The van der Waals surface area contributed by atoms with E-state index in [2.05, 4.69) is 13.0 Å². The van der Waals surface area contributed by atoms with Gasteiger partial charge in [0.05, 0.1) is 12.7 Å². The summed E-state index contributed by atoms with van der Waals surface area (Å²) in [5.41, 5.74) is 1.18. The fourth-order valence-corrected chi connectivity index (χ4v) is 4.06. The third-order valence-corrected chi connectivity index (χ3v) is 5.70. The molecule has 3 rings (SSSR count). The van der Waals surface area contributed by atoms with E-state index in [1.807, 2.05) is 30.3 Å². The zero-order valence-electron chi connectivity index (χ0n) is 15.6. The minimum Gasteiger partial charge on any atom is -0.392 e. The highest BCUT2D eigenvalue weighted by molar-refractivity contribution is 5.93. The number of aliphatic hydroxyl groups is 1. The van der Waals surface area contributed by atoms with Crippen LogP contribution in [0.2, 0.25) is 0 Å². The van der Waals surface area contributed by atoms with E-state index in [4.69, 9.17) is 9.47 Å². The number of allylic oxidation sites excluding steroid dienone is 2. The Labute approximate surface area is 156 Å². The van der Waals surface area contributed by atoms with Gasteiger partial charge in [-0.1, -0.05) is 43.3 Å². The van der Waals surface area contributed by atoms with E-state index < -0.39 is 6.10 Å². The van der Waals surface area contributed by atoms with Crippen molar-refractivity contribution in [1.82, 2.24) is 0 Å². The number of ether oxygens (including phenoxy) is 2. The van der Waals surface area contributed by atoms with Gasteiger partial charge in [-0.3, -0.25) is 4.79 Å². The van der Waals surface area contributed by atoms with Crippen molar-refractivity contribution >= 4 is 5.78 Å². The monoisotopic (exact) mass is 358 g/mol. The molecule has 3 atom stereocenters. The second-order valence-corrected chi connectivity index (χ2v) is 7.93. The molecule has 1 aliphatic carbocycles. The Morgan fingerprint density at radius 3 is 2.73 bits per heavy atom. The van der Waals surface area contributed by atoms with Gasteiger partial charge in [-0.15, -0.1) is 0 Å². The van der Waals surface area contributed by atoms with Crippen LogP contribution in [0, 0.1) is 17.3 Å². The number of carbonyl (C=O) groups excluding carboxylic acids is 1. The summed E-state index contributed by atoms with van der Waals surface area (Å²) in [5, 5.41) is 10.7. The van der Waals surface area contributed by atoms with Crippen LogP contribution in [0.3, 0.4) is 0 Å². The van der Waals surface area contributed by atoms with E-state index in [1.54, 1.807) is 6.08 Å². The second-order valence-electron chi connectivity index (χ2n) is 7.93. The fourth-order valence-electron chi connectivity index (χ4n) is 4.06. The van der Waals surface area contributed by atoms with Gasteiger partial charge in [0.2, 0.25) is 0 Å². The second kappa shape index (κ2) is 8.94. The van der Waals surface area contributed by atoms with Crippen LogP contribution >= 0.6 is 0 Å². The molecule has 0 amide bonds. The summed E-state index contributed by atoms with van der Waals surface area (Å²) in [6.07, 6.45) is 6.36. The molecule has 1 aromatic rings. The summed E-state index contributed by atoms with van der Waals surface area (Å²) in [5.74, 6) is -0.0280. The van der Waals surface area contributed by atoms with Crippen LogP contribution in [0.25, 0.3) is 0 Å². The van der Waals surface area contributed by atoms with Crippen molar-refractivity contribution in [1.29, 1.82) is 0 Å². The summed E-state index contributed by atoms with van der Waals surface area (Å²) in [6.45, 7) is 4.72. The molecule has 142 valence electrons. The summed E-state index contributed by atoms with van der Waals surface area (Å²) in [7, 11) is 0. The first-order valence-corrected chi connectivity index (χ1v) is 9.68. The average Bonchev–Trinajstić information content (AvgIpc) is 2.65. The Morgan fingerprint density at radius 2 is 2.00 bits per heavy atom. The van der Waals surface area contributed by atoms with E-state index in [-0.39, 0.29) is 23.0 Å². The maximum atomic E-state index is 12.3. The highest BCUT2D eigenvalue weighted by atomic mass is 16.5. The summed E-state index contributed by atoms with van der Waals surface area (Å²) < 4.78 is 11.2. The third kappa shape index (κ3) is 5.03. The smallest absolute Gasteiger partial charge is 0.161 e. The molecule has 1 spiro atoms. The summed E-state index contributed by atoms with van der Waals surface area (Å²) in [4.78, 5) is 12.3. The first kappa shape index (κ1) is 19.3. The normalized spacial score (nSPS) is 24.5. The Morgan fingerprint density at radius 1 is 1.27 bits per heavy atom. The lowest BCUT2D eigenvalue weighted by Gasteiger charge is -2.40. The van der Waals surface area contributed by atoms with E-state index in [1.165, 1.54) is 0 Å². The molecule has 0 aromatic heterocycles. The molecule has 1 heterocycles. The first-order chi connectivity index (χ1) is 12.6. The lowest BCUT2D eigenvalue weighted by Crippen LogP contribution is -2.40. The van der Waals surface area contributed by atoms with Gasteiger partial charge >= 0.3 is 0 Å². The van der Waals surface area contributed by atoms with Crippen LogP contribution < -0.4 is 0 Å². The van der Waals surface area contributed by atoms with Crippen LogP contribution in [0.4, 0.5) is 0 Å². The molecule has 3 unspecified atom stereocenters. The molecular weight excluding hydrogens is 328 g/mol. The molecule has 1 saturated heterocycles. The molecular formula is C22H30O4. The maximum Gasteiger partial charge on any atom is 0.161 e. The number of hydrogen-bond donors (Lipinski definition) is 1. The summed E-state index contributed by atoms with van der Waals surface area (Å²) >= 11 is 0. The van der Waals surface area contributed by atoms with Gasteiger partial charge in [-0.25, -0.2) is 0 Å². The van der Waals surface area contributed by atoms with E-state index in [0.29, 0.717) is 19.6 Å². The fraction of sp³-hybridized carbons (Fsp3) is 0.591. The molecule has 0 bridgehead atoms. The molecule has 4 heteroatoms. The highest BCUT2D eigenvalue weighted by Gasteiger charge is 2.40. The van der Waals surface area contributed by atoms with Crippen molar-refractivity contribution in [3.8, 4) is 0 Å². The minimum atomic E-state index is -0.609. The molecule has 1 aromatic carbocycles. The average molecular weight is 358 g/mol. The zero-order chi connectivity index (χ0) is 18.4. The van der Waals surface area contributed by atoms with Gasteiger partial charge in [0.1, 0.15) is 0 Å². The van der Waals surface area contributed by atoms with Crippen molar-refractivity contribution < 1.29 is 19.4 Å². The number of aliphatic hydroxyl groups excluding tert-OH is 1. The molecule has 1 N–H and O–H groups in total. The van der Waals surface area contributed by atoms with Crippen molar-refractivity contribution in [3.63, 3.8) is 0 Å². The molecule has 1 fully saturated rings. The lowest BCUT2D eigenvalue weighted by molar-refractivity contribution is -0.125. The van der Waals surface area contributed by atoms with Gasteiger partial charge in [-0.05, 0) is 48.7 Å². The predicted octanol–water partition coefficient (Wildman–Crippen LogP) is 3.53. The number of benzene rings is 1. The Kier molecular flexibility index (Phi) is 6.63. The Bertz CT molecular complexity index is 604. The third-order valence-electron chi connectivity index (χ3n) is 5.70. The molecule has 0 radical (unpaired) electrons. The van der Waals surface area contributed by atoms with Gasteiger partial charge in [0.15, 0.2) is 5.78 Å². The standard InChI is InChI=1S/C22H30O4/c1-17(15-26-16-18-5-3-2-4-6-18)13-21(24)19-14-22(8-7-20(19)23)9-11-25-12-10-22/h2-8,17,19,21,24H,9-16H2,1H3. The number of carbonyl (C=O) groups is 1. The topological polar surface area (TPSA) is 55.8 Å². The van der Waals surface area contributed by atoms with Crippen LogP contribution in [0.5, 0.6) is 0 Å². The molecule has 26 heavy (non-hydrogen) atoms. The zero-order valence-corrected chi connectivity index (χ0v) is 15.6. The van der Waals surface area contributed by atoms with Gasteiger partial charge in [0, 0.05) is 25.7 Å². The maximum absolute atomic E-state index is 12.3. The van der Waals surface area contributed by atoms with Gasteiger partial charge in [-0.2, -0.15) is 0 Å². The molecule has 2 aliphatic rings. The number of ketones is 1. The van der Waals surface area contributed by atoms with Crippen LogP contribution in [0.15, 0.2) is 42.5 Å². The number of hydrogen-bond acceptors (Lipinski definition) is 4. The van der Waals surface area contributed by atoms with Crippen LogP contribution in [-0.4, -0.2) is 36.8 Å². The molecule has 4 nitrogen and oxygen atoms in total. The molecule has 0 saturated carbocycles. The lowest BCUT2D eigenvalue weighted by atomic mass is 9.67. The van der Waals surface area contributed by atoms with Gasteiger partial charge < -0.3 is 14.6 Å². The summed E-state index contributed by atoms with van der Waals surface area (Å²) in [6, 6.07) is 10.1. The van der Waals surface area contributed by atoms with Crippen molar-refractivity contribution in [2.24, 2.45) is 17.3 Å². The van der Waals surface area contributed by atoms with Crippen LogP contribution in [0.1, 0.15) is 38.2 Å². The highest BCUT2D eigenvalue weighted by Crippen LogP contribution is 2.43. The Balaban J connectivity index is 1.47. The van der Waals surface area contributed by atoms with Crippen LogP contribution in [-0.2, 0) is 20.9 Å². The van der Waals surface area contributed by atoms with Crippen molar-refractivity contribution in [3.05, 3.63) is 48.0 Å². The van der Waals surface area contributed by atoms with Crippen molar-refractivity contribution in [2.75, 3.05) is 19.8 Å². The minimum absolute atomic E-state index is 0.0326. The van der Waals surface area contributed by atoms with Crippen molar-refractivity contribution in [2.45, 2.75) is 45.3 Å². The molecule has 1 aliphatic heterocycles. The first-order valence-electron chi connectivity index (χ1n) is 9.68. The van der Waals surface area contributed by atoms with E-state index in [0.717, 1.165) is 38.0 Å². The quantitative estimate of drug-likeness (QED) is 0.810. The Hall–Kier alpha value is -1.49. The van der Waals surface area contributed by atoms with E-state index >= 15 is 0 Å². The van der Waals surface area contributed by atoms with E-state index in [9.17, 15) is 9.90 Å². The SMILES string of the molecule is CC(COCc1ccccc1)CC(O)C1CC2(C=CC1=O)CCOCC2. The van der Waals surface area contributed by atoms with Gasteiger partial charge in [0.25, 0.3) is 0 Å². The number of rotatable bonds is 7. The predicted molar refractivity (Wildman–Crippen MR) is 101 cm³/mol.